The molecule has 0 aliphatic carbocycles. The number of benzene rings is 1. The van der Waals surface area contributed by atoms with E-state index in [-0.39, 0.29) is 5.69 Å². The number of hydrogen-bond donors (Lipinski definition) is 0. The molecular formula is C10H12BrNO3. The van der Waals surface area contributed by atoms with Crippen molar-refractivity contribution in [3.63, 3.8) is 0 Å². The van der Waals surface area contributed by atoms with Crippen LogP contribution in [-0.2, 0) is 0 Å². The van der Waals surface area contributed by atoms with Crippen molar-refractivity contribution in [3.8, 4) is 5.75 Å². The van der Waals surface area contributed by atoms with Crippen LogP contribution in [0.25, 0.3) is 0 Å². The van der Waals surface area contributed by atoms with E-state index in [0.717, 1.165) is 4.47 Å². The summed E-state index contributed by atoms with van der Waals surface area (Å²) < 4.78 is 6.14. The molecule has 5 heteroatoms. The third-order valence-corrected chi connectivity index (χ3v) is 2.18. The van der Waals surface area contributed by atoms with Crippen LogP contribution in [0, 0.1) is 16.0 Å². The number of nitro groups is 1. The lowest BCUT2D eigenvalue weighted by atomic mass is 10.2. The zero-order chi connectivity index (χ0) is 11.4. The minimum Gasteiger partial charge on any atom is -0.487 e. The molecule has 0 radical (unpaired) electrons. The summed E-state index contributed by atoms with van der Waals surface area (Å²) in [5, 5.41) is 10.7. The first-order chi connectivity index (χ1) is 7.00. The molecule has 0 unspecified atom stereocenters. The zero-order valence-electron chi connectivity index (χ0n) is 8.57. The highest BCUT2D eigenvalue weighted by molar-refractivity contribution is 9.10. The molecule has 0 N–H and O–H groups in total. The Morgan fingerprint density at radius 2 is 2.20 bits per heavy atom. The van der Waals surface area contributed by atoms with Gasteiger partial charge in [0.25, 0.3) is 0 Å². The van der Waals surface area contributed by atoms with E-state index in [4.69, 9.17) is 4.74 Å². The predicted octanol–water partition coefficient (Wildman–Crippen LogP) is 3.39. The van der Waals surface area contributed by atoms with Crippen LogP contribution in [-0.4, -0.2) is 11.5 Å². The molecule has 0 aliphatic rings. The zero-order valence-corrected chi connectivity index (χ0v) is 10.2. The Kier molecular flexibility index (Phi) is 4.08. The molecule has 1 rings (SSSR count). The first kappa shape index (κ1) is 12.0. The second kappa shape index (κ2) is 5.11. The Balaban J connectivity index is 2.92. The van der Waals surface area contributed by atoms with E-state index in [1.807, 2.05) is 13.8 Å². The molecule has 0 fully saturated rings. The summed E-state index contributed by atoms with van der Waals surface area (Å²) >= 11 is 3.25. The van der Waals surface area contributed by atoms with E-state index in [1.165, 1.54) is 6.07 Å². The van der Waals surface area contributed by atoms with Crippen LogP contribution < -0.4 is 4.74 Å². The van der Waals surface area contributed by atoms with E-state index in [9.17, 15) is 10.1 Å². The fraction of sp³-hybridized carbons (Fsp3) is 0.400. The highest BCUT2D eigenvalue weighted by Crippen LogP contribution is 2.30. The molecule has 0 aliphatic heterocycles. The van der Waals surface area contributed by atoms with Crippen LogP contribution in [0.1, 0.15) is 13.8 Å². The van der Waals surface area contributed by atoms with Gasteiger partial charge in [-0.3, -0.25) is 10.1 Å². The second-order valence-corrected chi connectivity index (χ2v) is 4.49. The first-order valence-corrected chi connectivity index (χ1v) is 5.36. The minimum atomic E-state index is -0.442. The Morgan fingerprint density at radius 1 is 1.53 bits per heavy atom. The Morgan fingerprint density at radius 3 is 2.73 bits per heavy atom. The average molecular weight is 274 g/mol. The van der Waals surface area contributed by atoms with Crippen molar-refractivity contribution in [1.82, 2.24) is 0 Å². The predicted molar refractivity (Wildman–Crippen MR) is 61.1 cm³/mol. The van der Waals surface area contributed by atoms with Crippen LogP contribution in [0.5, 0.6) is 5.75 Å². The van der Waals surface area contributed by atoms with Gasteiger partial charge in [-0.1, -0.05) is 29.8 Å². The minimum absolute atomic E-state index is 0.00106. The molecule has 0 bridgehead atoms. The molecule has 0 heterocycles. The number of nitrogens with zero attached hydrogens (tertiary/aromatic N) is 1. The third kappa shape index (κ3) is 3.51. The maximum atomic E-state index is 10.7. The van der Waals surface area contributed by atoms with Gasteiger partial charge in [0.1, 0.15) is 0 Å². The molecule has 1 aromatic carbocycles. The van der Waals surface area contributed by atoms with Gasteiger partial charge in [-0.2, -0.15) is 0 Å². The van der Waals surface area contributed by atoms with Crippen LogP contribution in [0.2, 0.25) is 0 Å². The van der Waals surface area contributed by atoms with Crippen molar-refractivity contribution in [3.05, 3.63) is 32.8 Å². The molecule has 82 valence electrons. The summed E-state index contributed by atoms with van der Waals surface area (Å²) in [6.07, 6.45) is 0. The van der Waals surface area contributed by atoms with Crippen molar-refractivity contribution < 1.29 is 9.66 Å². The molecule has 15 heavy (non-hydrogen) atoms. The Bertz CT molecular complexity index is 366. The summed E-state index contributed by atoms with van der Waals surface area (Å²) in [4.78, 5) is 10.2. The number of halogens is 1. The highest BCUT2D eigenvalue weighted by atomic mass is 79.9. The summed E-state index contributed by atoms with van der Waals surface area (Å²) in [7, 11) is 0. The van der Waals surface area contributed by atoms with Gasteiger partial charge in [0, 0.05) is 16.6 Å². The van der Waals surface area contributed by atoms with Gasteiger partial charge in [-0.15, -0.1) is 0 Å². The summed E-state index contributed by atoms with van der Waals surface area (Å²) in [6, 6.07) is 4.67. The van der Waals surface area contributed by atoms with Gasteiger partial charge >= 0.3 is 5.69 Å². The maximum Gasteiger partial charge on any atom is 0.310 e. The maximum absolute atomic E-state index is 10.7. The fourth-order valence-corrected chi connectivity index (χ4v) is 1.35. The first-order valence-electron chi connectivity index (χ1n) is 4.57. The smallest absolute Gasteiger partial charge is 0.310 e. The standard InChI is InChI=1S/C10H12BrNO3/c1-7(2)6-15-10-5-8(11)3-4-9(10)12(13)14/h3-5,7H,6H2,1-2H3. The van der Waals surface area contributed by atoms with Crippen molar-refractivity contribution >= 4 is 21.6 Å². The normalized spacial score (nSPS) is 10.4. The van der Waals surface area contributed by atoms with E-state index in [0.29, 0.717) is 18.3 Å². The van der Waals surface area contributed by atoms with Gasteiger partial charge in [0.15, 0.2) is 5.75 Å². The van der Waals surface area contributed by atoms with Gasteiger partial charge in [-0.05, 0) is 12.0 Å². The van der Waals surface area contributed by atoms with Crippen LogP contribution in [0.4, 0.5) is 5.69 Å². The molecule has 0 saturated heterocycles. The highest BCUT2D eigenvalue weighted by Gasteiger charge is 2.15. The lowest BCUT2D eigenvalue weighted by molar-refractivity contribution is -0.385. The van der Waals surface area contributed by atoms with E-state index >= 15 is 0 Å². The van der Waals surface area contributed by atoms with Crippen LogP contribution >= 0.6 is 15.9 Å². The molecular weight excluding hydrogens is 262 g/mol. The monoisotopic (exact) mass is 273 g/mol. The lowest BCUT2D eigenvalue weighted by Crippen LogP contribution is -2.06. The molecule has 4 nitrogen and oxygen atoms in total. The summed E-state index contributed by atoms with van der Waals surface area (Å²) in [5.74, 6) is 0.645. The molecule has 0 aromatic heterocycles. The topological polar surface area (TPSA) is 52.4 Å². The van der Waals surface area contributed by atoms with E-state index < -0.39 is 4.92 Å². The van der Waals surface area contributed by atoms with Crippen molar-refractivity contribution in [2.24, 2.45) is 5.92 Å². The van der Waals surface area contributed by atoms with Crippen molar-refractivity contribution in [1.29, 1.82) is 0 Å². The van der Waals surface area contributed by atoms with Crippen molar-refractivity contribution in [2.45, 2.75) is 13.8 Å². The average Bonchev–Trinajstić information content (AvgIpc) is 2.14. The number of ether oxygens (including phenoxy) is 1. The fourth-order valence-electron chi connectivity index (χ4n) is 1.01. The molecule has 0 atom stereocenters. The largest absolute Gasteiger partial charge is 0.487 e. The number of rotatable bonds is 4. The summed E-state index contributed by atoms with van der Waals surface area (Å²) in [6.45, 7) is 4.45. The van der Waals surface area contributed by atoms with E-state index in [1.54, 1.807) is 12.1 Å². The lowest BCUT2D eigenvalue weighted by Gasteiger charge is -2.08. The van der Waals surface area contributed by atoms with Crippen LogP contribution in [0.3, 0.4) is 0 Å². The third-order valence-electron chi connectivity index (χ3n) is 1.69. The molecule has 0 spiro atoms. The number of hydrogen-bond acceptors (Lipinski definition) is 3. The Labute approximate surface area is 96.5 Å². The van der Waals surface area contributed by atoms with Gasteiger partial charge < -0.3 is 4.74 Å². The van der Waals surface area contributed by atoms with Gasteiger partial charge in [0.2, 0.25) is 0 Å². The van der Waals surface area contributed by atoms with Crippen molar-refractivity contribution in [2.75, 3.05) is 6.61 Å². The van der Waals surface area contributed by atoms with E-state index in [2.05, 4.69) is 15.9 Å². The van der Waals surface area contributed by atoms with Crippen LogP contribution in [0.15, 0.2) is 22.7 Å². The molecule has 0 saturated carbocycles. The quantitative estimate of drug-likeness (QED) is 0.624. The number of nitro benzene ring substituents is 1. The summed E-state index contributed by atoms with van der Waals surface area (Å²) in [5.41, 5.74) is -0.00106. The molecule has 1 aromatic rings. The van der Waals surface area contributed by atoms with Gasteiger partial charge in [-0.25, -0.2) is 0 Å². The van der Waals surface area contributed by atoms with Gasteiger partial charge in [0.05, 0.1) is 11.5 Å². The SMILES string of the molecule is CC(C)COc1cc(Br)ccc1[N+](=O)[O-]. The Hall–Kier alpha value is -1.10. The second-order valence-electron chi connectivity index (χ2n) is 3.57. The molecule has 0 amide bonds.